The van der Waals surface area contributed by atoms with Crippen molar-refractivity contribution in [2.75, 3.05) is 0 Å². The Kier molecular flexibility index (Phi) is 1.29. The predicted octanol–water partition coefficient (Wildman–Crippen LogP) is -0.748. The number of aromatic nitrogens is 6. The first-order valence-electron chi connectivity index (χ1n) is 2.89. The predicted molar refractivity (Wildman–Crippen MR) is 33.6 cm³/mol. The highest BCUT2D eigenvalue weighted by atomic mass is 15.5. The molecule has 0 aromatic carbocycles. The van der Waals surface area contributed by atoms with Gasteiger partial charge in [0.1, 0.15) is 0 Å². The molecule has 2 rings (SSSR count). The van der Waals surface area contributed by atoms with Crippen LogP contribution in [0.15, 0.2) is 18.6 Å². The summed E-state index contributed by atoms with van der Waals surface area (Å²) in [6.45, 7) is 0. The molecule has 2 heterocycles. The number of rotatable bonds is 1. The van der Waals surface area contributed by atoms with Gasteiger partial charge in [0, 0.05) is 12.4 Å². The Balaban J connectivity index is 2.46. The van der Waals surface area contributed by atoms with Gasteiger partial charge in [-0.05, 0) is 10.4 Å². The second-order valence-electron chi connectivity index (χ2n) is 1.75. The summed E-state index contributed by atoms with van der Waals surface area (Å²) in [4.78, 5) is 7.79. The molecule has 0 N–H and O–H groups in total. The summed E-state index contributed by atoms with van der Waals surface area (Å²) in [6.07, 6.45) is 7.18. The van der Waals surface area contributed by atoms with Crippen LogP contribution in [0.25, 0.3) is 5.82 Å². The Morgan fingerprint density at radius 2 is 2.36 bits per heavy atom. The Morgan fingerprint density at radius 3 is 3.00 bits per heavy atom. The fourth-order valence-corrected chi connectivity index (χ4v) is 0.640. The van der Waals surface area contributed by atoms with Gasteiger partial charge < -0.3 is 0 Å². The lowest BCUT2D eigenvalue weighted by Gasteiger charge is -1.92. The lowest BCUT2D eigenvalue weighted by molar-refractivity contribution is 0.764. The monoisotopic (exact) mass is 147 g/mol. The fraction of sp³-hybridized carbons (Fsp3) is 0. The summed E-state index contributed by atoms with van der Waals surface area (Å²) < 4.78 is 1.31. The van der Waals surface area contributed by atoms with E-state index in [4.69, 9.17) is 0 Å². The molecule has 2 aromatic heterocycles. The molecule has 0 fully saturated rings. The summed E-state index contributed by atoms with van der Waals surface area (Å²) in [5, 5.41) is 10.3. The fourth-order valence-electron chi connectivity index (χ4n) is 0.640. The standard InChI is InChI=1S/C5H3N6/c1-2-7-5(3-6-1)11-4-8-9-10-11/h1-3H. The first-order valence-corrected chi connectivity index (χ1v) is 2.89. The average molecular weight is 147 g/mol. The molecule has 0 amide bonds. The van der Waals surface area contributed by atoms with Gasteiger partial charge in [-0.15, -0.1) is 5.10 Å². The van der Waals surface area contributed by atoms with Crippen molar-refractivity contribution in [3.8, 4) is 5.82 Å². The summed E-state index contributed by atoms with van der Waals surface area (Å²) in [5.41, 5.74) is 0. The van der Waals surface area contributed by atoms with Crippen molar-refractivity contribution in [3.05, 3.63) is 24.9 Å². The molecule has 0 bridgehead atoms. The molecule has 0 aliphatic heterocycles. The van der Waals surface area contributed by atoms with E-state index in [2.05, 4.69) is 31.8 Å². The van der Waals surface area contributed by atoms with E-state index in [0.717, 1.165) is 0 Å². The van der Waals surface area contributed by atoms with Gasteiger partial charge in [0.25, 0.3) is 0 Å². The van der Waals surface area contributed by atoms with Crippen molar-refractivity contribution in [1.82, 2.24) is 30.2 Å². The largest absolute Gasteiger partial charge is 0.259 e. The van der Waals surface area contributed by atoms with Crippen LogP contribution in [-0.2, 0) is 0 Å². The maximum absolute atomic E-state index is 3.95. The maximum atomic E-state index is 3.95. The molecular formula is C5H3N6. The van der Waals surface area contributed by atoms with E-state index >= 15 is 0 Å². The molecule has 1 radical (unpaired) electrons. The smallest absolute Gasteiger partial charge is 0.228 e. The molecule has 0 saturated carbocycles. The molecule has 0 atom stereocenters. The topological polar surface area (TPSA) is 69.4 Å². The molecule has 0 saturated heterocycles. The van der Waals surface area contributed by atoms with E-state index in [-0.39, 0.29) is 0 Å². The second kappa shape index (κ2) is 2.41. The zero-order valence-corrected chi connectivity index (χ0v) is 5.42. The Labute approximate surface area is 61.9 Å². The number of nitrogens with zero attached hydrogens (tertiary/aromatic N) is 6. The summed E-state index contributed by atoms with van der Waals surface area (Å²) in [6, 6.07) is 0. The van der Waals surface area contributed by atoms with Gasteiger partial charge in [0.15, 0.2) is 5.82 Å². The molecule has 11 heavy (non-hydrogen) atoms. The van der Waals surface area contributed by atoms with Crippen molar-refractivity contribution >= 4 is 0 Å². The van der Waals surface area contributed by atoms with E-state index in [0.29, 0.717) is 5.82 Å². The third-order valence-electron chi connectivity index (χ3n) is 1.08. The van der Waals surface area contributed by atoms with Crippen LogP contribution in [0.2, 0.25) is 0 Å². The van der Waals surface area contributed by atoms with Crippen molar-refractivity contribution in [2.24, 2.45) is 0 Å². The van der Waals surface area contributed by atoms with E-state index < -0.39 is 0 Å². The Morgan fingerprint density at radius 1 is 1.36 bits per heavy atom. The minimum atomic E-state index is 0.553. The summed E-state index contributed by atoms with van der Waals surface area (Å²) in [7, 11) is 0. The van der Waals surface area contributed by atoms with Gasteiger partial charge >= 0.3 is 0 Å². The number of hydrogen-bond acceptors (Lipinski definition) is 5. The number of hydrogen-bond donors (Lipinski definition) is 0. The SMILES string of the molecule is [c]1nnnn1-c1cnccn1. The van der Waals surface area contributed by atoms with Crippen molar-refractivity contribution in [3.63, 3.8) is 0 Å². The van der Waals surface area contributed by atoms with Crippen LogP contribution in [0.5, 0.6) is 0 Å². The molecule has 0 aliphatic rings. The van der Waals surface area contributed by atoms with Crippen molar-refractivity contribution in [2.45, 2.75) is 0 Å². The summed E-state index contributed by atoms with van der Waals surface area (Å²) in [5.74, 6) is 0.553. The van der Waals surface area contributed by atoms with Crippen LogP contribution >= 0.6 is 0 Å². The Bertz CT molecular complexity index is 314. The Hall–Kier alpha value is -1.85. The van der Waals surface area contributed by atoms with Crippen LogP contribution in [0.3, 0.4) is 0 Å². The molecule has 6 nitrogen and oxygen atoms in total. The quantitative estimate of drug-likeness (QED) is 0.531. The van der Waals surface area contributed by atoms with Crippen LogP contribution < -0.4 is 0 Å². The molecule has 0 unspecified atom stereocenters. The highest BCUT2D eigenvalue weighted by Gasteiger charge is 1.96. The van der Waals surface area contributed by atoms with Crippen LogP contribution in [0.4, 0.5) is 0 Å². The third-order valence-corrected chi connectivity index (χ3v) is 1.08. The van der Waals surface area contributed by atoms with Gasteiger partial charge in [-0.25, -0.2) is 4.98 Å². The van der Waals surface area contributed by atoms with Crippen LogP contribution in [0, 0.1) is 6.33 Å². The van der Waals surface area contributed by atoms with Gasteiger partial charge in [-0.1, -0.05) is 0 Å². The molecule has 6 heteroatoms. The van der Waals surface area contributed by atoms with Gasteiger partial charge in [0.2, 0.25) is 6.33 Å². The molecule has 0 aliphatic carbocycles. The van der Waals surface area contributed by atoms with E-state index in [1.807, 2.05) is 0 Å². The minimum Gasteiger partial charge on any atom is -0.259 e. The zero-order valence-electron chi connectivity index (χ0n) is 5.42. The first kappa shape index (κ1) is 5.90. The van der Waals surface area contributed by atoms with Gasteiger partial charge in [-0.3, -0.25) is 4.98 Å². The van der Waals surface area contributed by atoms with Crippen LogP contribution in [-0.4, -0.2) is 30.2 Å². The molecule has 2 aromatic rings. The van der Waals surface area contributed by atoms with E-state index in [1.165, 1.54) is 4.68 Å². The molecular weight excluding hydrogens is 144 g/mol. The maximum Gasteiger partial charge on any atom is 0.228 e. The lowest BCUT2D eigenvalue weighted by Crippen LogP contribution is -1.98. The molecule has 53 valence electrons. The van der Waals surface area contributed by atoms with Crippen molar-refractivity contribution < 1.29 is 0 Å². The average Bonchev–Trinajstić information content (AvgIpc) is 2.58. The highest BCUT2D eigenvalue weighted by Crippen LogP contribution is 1.93. The van der Waals surface area contributed by atoms with E-state index in [1.54, 1.807) is 18.6 Å². The first-order chi connectivity index (χ1) is 5.47. The third kappa shape index (κ3) is 1.05. The highest BCUT2D eigenvalue weighted by molar-refractivity contribution is 5.11. The normalized spacial score (nSPS) is 9.82. The minimum absolute atomic E-state index is 0.553. The van der Waals surface area contributed by atoms with E-state index in [9.17, 15) is 0 Å². The molecule has 0 spiro atoms. The zero-order chi connectivity index (χ0) is 7.52. The lowest BCUT2D eigenvalue weighted by atomic mass is 10.7. The number of tetrazole rings is 1. The van der Waals surface area contributed by atoms with Crippen LogP contribution in [0.1, 0.15) is 0 Å². The second-order valence-corrected chi connectivity index (χ2v) is 1.75. The van der Waals surface area contributed by atoms with Gasteiger partial charge in [0.05, 0.1) is 6.20 Å². The van der Waals surface area contributed by atoms with Crippen molar-refractivity contribution in [1.29, 1.82) is 0 Å². The van der Waals surface area contributed by atoms with Gasteiger partial charge in [-0.2, -0.15) is 4.68 Å². The summed E-state index contributed by atoms with van der Waals surface area (Å²) >= 11 is 0.